The molecule has 1 aliphatic rings. The Morgan fingerprint density at radius 2 is 2.00 bits per heavy atom. The summed E-state index contributed by atoms with van der Waals surface area (Å²) < 4.78 is 5.63. The van der Waals surface area contributed by atoms with Crippen LogP contribution in [0.2, 0.25) is 5.02 Å². The lowest BCUT2D eigenvalue weighted by Crippen LogP contribution is -2.37. The zero-order chi connectivity index (χ0) is 21.3. The van der Waals surface area contributed by atoms with Crippen molar-refractivity contribution in [1.29, 1.82) is 0 Å². The molecule has 0 aromatic heterocycles. The number of aliphatic hydroxyl groups is 2. The lowest BCUT2D eigenvalue weighted by Gasteiger charge is -2.13. The number of ketones is 1. The van der Waals surface area contributed by atoms with E-state index >= 15 is 0 Å². The van der Waals surface area contributed by atoms with E-state index in [0.29, 0.717) is 24.5 Å². The van der Waals surface area contributed by atoms with Crippen LogP contribution < -0.4 is 4.74 Å². The third-order valence-corrected chi connectivity index (χ3v) is 4.99. The van der Waals surface area contributed by atoms with Crippen LogP contribution in [-0.4, -0.2) is 39.5 Å². The average molecular weight is 421 g/mol. The summed E-state index contributed by atoms with van der Waals surface area (Å²) in [6.07, 6.45) is 9.00. The van der Waals surface area contributed by atoms with Gasteiger partial charge in [0.05, 0.1) is 6.61 Å². The molecule has 0 unspecified atom stereocenters. The molecule has 6 nitrogen and oxygen atoms in total. The summed E-state index contributed by atoms with van der Waals surface area (Å²) in [5, 5.41) is 27.7. The number of hydrogen-bond donors (Lipinski definition) is 3. The van der Waals surface area contributed by atoms with Crippen LogP contribution in [0.3, 0.4) is 0 Å². The molecule has 0 radical (unpaired) electrons. The smallest absolute Gasteiger partial charge is 0.364 e. The van der Waals surface area contributed by atoms with E-state index in [4.69, 9.17) is 21.4 Å². The van der Waals surface area contributed by atoms with Gasteiger partial charge in [-0.25, -0.2) is 4.79 Å². The summed E-state index contributed by atoms with van der Waals surface area (Å²) in [5.74, 6) is -3.57. The van der Waals surface area contributed by atoms with Crippen molar-refractivity contribution in [3.05, 3.63) is 59.3 Å². The second kappa shape index (κ2) is 11.0. The summed E-state index contributed by atoms with van der Waals surface area (Å²) in [6, 6.07) is 7.16. The van der Waals surface area contributed by atoms with Gasteiger partial charge in [-0.15, -0.1) is 5.73 Å². The van der Waals surface area contributed by atoms with Crippen molar-refractivity contribution in [2.24, 2.45) is 11.8 Å². The van der Waals surface area contributed by atoms with Crippen LogP contribution in [0.25, 0.3) is 0 Å². The van der Waals surface area contributed by atoms with E-state index in [2.05, 4.69) is 11.8 Å². The number of carboxylic acid groups (broad SMARTS) is 1. The van der Waals surface area contributed by atoms with Gasteiger partial charge in [0.15, 0.2) is 0 Å². The quantitative estimate of drug-likeness (QED) is 0.231. The Morgan fingerprint density at radius 1 is 1.28 bits per heavy atom. The number of Topliss-reactive ketones (excluding diaryl/α,β-unsaturated/α-hetero) is 1. The Morgan fingerprint density at radius 3 is 2.69 bits per heavy atom. The molecule has 2 rings (SSSR count). The molecule has 1 aliphatic carbocycles. The minimum Gasteiger partial charge on any atom is -0.493 e. The van der Waals surface area contributed by atoms with Crippen LogP contribution in [0.15, 0.2) is 54.3 Å². The average Bonchev–Trinajstić information content (AvgIpc) is 3.02. The Balaban J connectivity index is 1.78. The van der Waals surface area contributed by atoms with Gasteiger partial charge in [-0.1, -0.05) is 23.8 Å². The van der Waals surface area contributed by atoms with Crippen LogP contribution in [0, 0.1) is 11.8 Å². The largest absolute Gasteiger partial charge is 0.493 e. The molecule has 0 saturated heterocycles. The number of ether oxygens (including phenoxy) is 1. The molecule has 1 saturated carbocycles. The number of rotatable bonds is 10. The van der Waals surface area contributed by atoms with Crippen molar-refractivity contribution < 1.29 is 29.6 Å². The molecule has 0 aliphatic heterocycles. The number of benzene rings is 1. The van der Waals surface area contributed by atoms with Crippen LogP contribution in [0.4, 0.5) is 0 Å². The van der Waals surface area contributed by atoms with Gasteiger partial charge in [-0.05, 0) is 61.6 Å². The minimum atomic E-state index is -2.80. The Bertz CT molecular complexity index is 790. The van der Waals surface area contributed by atoms with Gasteiger partial charge in [0.25, 0.3) is 5.79 Å². The van der Waals surface area contributed by atoms with Crippen molar-refractivity contribution in [3.8, 4) is 5.75 Å². The zero-order valence-electron chi connectivity index (χ0n) is 16.0. The number of carboxylic acids is 1. The van der Waals surface area contributed by atoms with Gasteiger partial charge in [0.2, 0.25) is 0 Å². The summed E-state index contributed by atoms with van der Waals surface area (Å²) in [7, 11) is 0. The first-order valence-corrected chi connectivity index (χ1v) is 9.82. The van der Waals surface area contributed by atoms with Crippen LogP contribution >= 0.6 is 11.6 Å². The second-order valence-electron chi connectivity index (χ2n) is 6.93. The number of aliphatic carboxylic acids is 1. The highest BCUT2D eigenvalue weighted by Crippen LogP contribution is 2.32. The predicted octanol–water partition coefficient (Wildman–Crippen LogP) is 3.52. The molecule has 0 spiro atoms. The molecule has 156 valence electrons. The van der Waals surface area contributed by atoms with E-state index in [1.807, 2.05) is 18.2 Å². The van der Waals surface area contributed by atoms with Crippen molar-refractivity contribution in [1.82, 2.24) is 0 Å². The molecule has 0 heterocycles. The van der Waals surface area contributed by atoms with Gasteiger partial charge in [-0.3, -0.25) is 4.79 Å². The first-order chi connectivity index (χ1) is 13.8. The second-order valence-corrected chi connectivity index (χ2v) is 7.37. The van der Waals surface area contributed by atoms with E-state index in [1.165, 1.54) is 6.08 Å². The molecule has 2 atom stereocenters. The molecular formula is C22H25ClO6. The fraction of sp³-hybridized carbons (Fsp3) is 0.409. The lowest BCUT2D eigenvalue weighted by atomic mass is 9.91. The van der Waals surface area contributed by atoms with Gasteiger partial charge in [0.1, 0.15) is 11.5 Å². The van der Waals surface area contributed by atoms with E-state index in [-0.39, 0.29) is 17.6 Å². The molecule has 7 heteroatoms. The van der Waals surface area contributed by atoms with Gasteiger partial charge < -0.3 is 20.1 Å². The molecule has 1 aromatic rings. The van der Waals surface area contributed by atoms with Crippen molar-refractivity contribution >= 4 is 23.4 Å². The third kappa shape index (κ3) is 7.52. The highest BCUT2D eigenvalue weighted by atomic mass is 35.5. The Hall–Kier alpha value is -2.37. The standard InChI is InChI=1S/C22H25ClO6/c23-17-9-11-18(12-10-17)29-15-5-3-6-16-8-13-20(24)19(16)7-2-1-4-14-22(27,28)21(25)26/h2-4,6,9-12,16,19,27-28H,5,7-8,13-15H2,(H,25,26)/b6-3+/t1?,16-,19+/m0/s1. The van der Waals surface area contributed by atoms with E-state index in [9.17, 15) is 19.8 Å². The van der Waals surface area contributed by atoms with E-state index in [1.54, 1.807) is 18.2 Å². The number of hydrogen-bond acceptors (Lipinski definition) is 5. The Kier molecular flexibility index (Phi) is 8.68. The number of halogens is 1. The summed E-state index contributed by atoms with van der Waals surface area (Å²) >= 11 is 5.83. The maximum atomic E-state index is 12.1. The summed E-state index contributed by atoms with van der Waals surface area (Å²) in [6.45, 7) is 0.528. The third-order valence-electron chi connectivity index (χ3n) is 4.74. The van der Waals surface area contributed by atoms with E-state index < -0.39 is 18.2 Å². The molecule has 0 amide bonds. The molecular weight excluding hydrogens is 396 g/mol. The number of carbonyl (C=O) groups excluding carboxylic acids is 1. The van der Waals surface area contributed by atoms with Crippen molar-refractivity contribution in [2.45, 2.75) is 37.9 Å². The first-order valence-electron chi connectivity index (χ1n) is 9.45. The van der Waals surface area contributed by atoms with Gasteiger partial charge >= 0.3 is 5.97 Å². The molecule has 1 aromatic carbocycles. The highest BCUT2D eigenvalue weighted by molar-refractivity contribution is 6.30. The maximum absolute atomic E-state index is 12.1. The molecule has 3 N–H and O–H groups in total. The van der Waals surface area contributed by atoms with E-state index in [0.717, 1.165) is 18.6 Å². The van der Waals surface area contributed by atoms with Crippen LogP contribution in [0.5, 0.6) is 5.75 Å². The van der Waals surface area contributed by atoms with Crippen LogP contribution in [-0.2, 0) is 9.59 Å². The van der Waals surface area contributed by atoms with Crippen molar-refractivity contribution in [2.75, 3.05) is 6.61 Å². The minimum absolute atomic E-state index is 0.142. The molecule has 1 fully saturated rings. The molecule has 29 heavy (non-hydrogen) atoms. The summed E-state index contributed by atoms with van der Waals surface area (Å²) in [5.41, 5.74) is 2.72. The van der Waals surface area contributed by atoms with Gasteiger partial charge in [-0.2, -0.15) is 0 Å². The van der Waals surface area contributed by atoms with Crippen molar-refractivity contribution in [3.63, 3.8) is 0 Å². The molecule has 0 bridgehead atoms. The SMILES string of the molecule is O=C1CC[C@H](/C=C/CCOc2ccc(Cl)cc2)[C@H]1CC=C=CCC(O)(O)C(=O)O. The number of allylic oxidation sites excluding steroid dienone is 1. The monoisotopic (exact) mass is 420 g/mol. The maximum Gasteiger partial charge on any atom is 0.364 e. The van der Waals surface area contributed by atoms with Crippen LogP contribution in [0.1, 0.15) is 32.1 Å². The Labute approximate surface area is 174 Å². The van der Waals surface area contributed by atoms with Gasteiger partial charge in [0, 0.05) is 23.8 Å². The predicted molar refractivity (Wildman–Crippen MR) is 109 cm³/mol. The number of carbonyl (C=O) groups is 2. The zero-order valence-corrected chi connectivity index (χ0v) is 16.7. The first kappa shape index (κ1) is 22.9. The normalized spacial score (nSPS) is 19.2. The fourth-order valence-electron chi connectivity index (χ4n) is 3.08. The lowest BCUT2D eigenvalue weighted by molar-refractivity contribution is -0.201. The fourth-order valence-corrected chi connectivity index (χ4v) is 3.21. The topological polar surface area (TPSA) is 104 Å². The highest BCUT2D eigenvalue weighted by Gasteiger charge is 2.32. The summed E-state index contributed by atoms with van der Waals surface area (Å²) in [4.78, 5) is 22.7.